The first kappa shape index (κ1) is 22.7. The van der Waals surface area contributed by atoms with Gasteiger partial charge in [0.2, 0.25) is 0 Å². The van der Waals surface area contributed by atoms with Crippen LogP contribution in [0.4, 0.5) is 8.78 Å². The number of aryl methyl sites for hydroxylation is 2. The van der Waals surface area contributed by atoms with E-state index in [1.807, 2.05) is 24.3 Å². The van der Waals surface area contributed by atoms with Crippen LogP contribution in [0.1, 0.15) is 73.3 Å². The molecule has 1 aliphatic heterocycles. The number of unbranched alkanes of at least 4 members (excludes halogenated alkanes) is 2. The third kappa shape index (κ3) is 5.10. The summed E-state index contributed by atoms with van der Waals surface area (Å²) in [5.41, 5.74) is 5.17. The molecule has 0 saturated carbocycles. The molecule has 1 saturated heterocycles. The summed E-state index contributed by atoms with van der Waals surface area (Å²) in [5.74, 6) is -1.22. The van der Waals surface area contributed by atoms with E-state index in [9.17, 15) is 8.78 Å². The third-order valence-electron chi connectivity index (χ3n) is 6.66. The highest BCUT2D eigenvalue weighted by Gasteiger charge is 2.24. The Labute approximate surface area is 190 Å². The number of halogens is 2. The minimum Gasteiger partial charge on any atom is -0.373 e. The van der Waals surface area contributed by atoms with Crippen LogP contribution < -0.4 is 0 Å². The van der Waals surface area contributed by atoms with Crippen molar-refractivity contribution >= 4 is 0 Å². The van der Waals surface area contributed by atoms with Crippen LogP contribution in [-0.4, -0.2) is 6.61 Å². The monoisotopic (exact) mass is 434 g/mol. The Kier molecular flexibility index (Phi) is 7.36. The van der Waals surface area contributed by atoms with Crippen molar-refractivity contribution < 1.29 is 13.5 Å². The molecule has 168 valence electrons. The summed E-state index contributed by atoms with van der Waals surface area (Å²) >= 11 is 0. The molecule has 1 nitrogen and oxygen atoms in total. The van der Waals surface area contributed by atoms with Crippen LogP contribution in [0.3, 0.4) is 0 Å². The summed E-state index contributed by atoms with van der Waals surface area (Å²) in [5, 5.41) is 0. The fourth-order valence-electron chi connectivity index (χ4n) is 4.56. The Morgan fingerprint density at radius 1 is 0.812 bits per heavy atom. The first-order chi connectivity index (χ1) is 15.6. The molecule has 0 bridgehead atoms. The predicted molar refractivity (Wildman–Crippen MR) is 127 cm³/mol. The van der Waals surface area contributed by atoms with Gasteiger partial charge in [0.25, 0.3) is 0 Å². The number of ether oxygens (including phenoxy) is 1. The second kappa shape index (κ2) is 10.4. The van der Waals surface area contributed by atoms with Gasteiger partial charge in [-0.15, -0.1) is 0 Å². The standard InChI is InChI=1S/C29H32F2O/c1-3-4-5-6-21-8-10-24(11-9-21)27-18-16-25(19-32-27)22-12-14-23(15-13-22)26-17-7-20(2)28(30)29(26)31/h7-15,17,25,27H,3-6,16,18-19H2,1-2H3. The minimum atomic E-state index is -0.780. The van der Waals surface area contributed by atoms with E-state index in [0.29, 0.717) is 29.2 Å². The molecular weight excluding hydrogens is 402 g/mol. The van der Waals surface area contributed by atoms with Gasteiger partial charge in [0, 0.05) is 11.5 Å². The van der Waals surface area contributed by atoms with Crippen molar-refractivity contribution in [2.75, 3.05) is 6.61 Å². The Morgan fingerprint density at radius 2 is 1.53 bits per heavy atom. The maximum Gasteiger partial charge on any atom is 0.166 e. The van der Waals surface area contributed by atoms with Gasteiger partial charge in [0.1, 0.15) is 0 Å². The lowest BCUT2D eigenvalue weighted by Gasteiger charge is -2.30. The molecule has 2 atom stereocenters. The Morgan fingerprint density at radius 3 is 2.19 bits per heavy atom. The molecule has 3 heteroatoms. The van der Waals surface area contributed by atoms with Gasteiger partial charge >= 0.3 is 0 Å². The lowest BCUT2D eigenvalue weighted by Crippen LogP contribution is -2.19. The number of rotatable bonds is 7. The molecule has 32 heavy (non-hydrogen) atoms. The lowest BCUT2D eigenvalue weighted by molar-refractivity contribution is 0.00237. The second-order valence-electron chi connectivity index (χ2n) is 8.97. The highest BCUT2D eigenvalue weighted by Crippen LogP contribution is 2.36. The first-order valence-corrected chi connectivity index (χ1v) is 11.8. The van der Waals surface area contributed by atoms with E-state index in [4.69, 9.17) is 4.74 Å². The van der Waals surface area contributed by atoms with Crippen LogP contribution in [0.5, 0.6) is 0 Å². The van der Waals surface area contributed by atoms with Crippen LogP contribution in [-0.2, 0) is 11.2 Å². The zero-order valence-electron chi connectivity index (χ0n) is 19.0. The van der Waals surface area contributed by atoms with Crippen molar-refractivity contribution in [1.29, 1.82) is 0 Å². The molecule has 1 aliphatic rings. The molecule has 0 amide bonds. The van der Waals surface area contributed by atoms with Crippen molar-refractivity contribution in [2.45, 2.75) is 64.4 Å². The van der Waals surface area contributed by atoms with Gasteiger partial charge in [-0.05, 0) is 60.4 Å². The van der Waals surface area contributed by atoms with Crippen molar-refractivity contribution in [3.8, 4) is 11.1 Å². The summed E-state index contributed by atoms with van der Waals surface area (Å²) in [4.78, 5) is 0. The lowest BCUT2D eigenvalue weighted by atomic mass is 9.88. The van der Waals surface area contributed by atoms with Crippen LogP contribution >= 0.6 is 0 Å². The molecule has 0 radical (unpaired) electrons. The van der Waals surface area contributed by atoms with Crippen molar-refractivity contribution in [3.05, 3.63) is 94.6 Å². The molecule has 3 aromatic carbocycles. The molecule has 3 aromatic rings. The molecular formula is C29H32F2O. The van der Waals surface area contributed by atoms with Crippen LogP contribution in [0.25, 0.3) is 11.1 Å². The van der Waals surface area contributed by atoms with E-state index in [1.54, 1.807) is 19.1 Å². The molecule has 1 heterocycles. The summed E-state index contributed by atoms with van der Waals surface area (Å²) in [6.45, 7) is 4.48. The van der Waals surface area contributed by atoms with Crippen LogP contribution in [0, 0.1) is 18.6 Å². The van der Waals surface area contributed by atoms with Crippen molar-refractivity contribution in [3.63, 3.8) is 0 Å². The van der Waals surface area contributed by atoms with Crippen LogP contribution in [0.15, 0.2) is 60.7 Å². The van der Waals surface area contributed by atoms with Crippen molar-refractivity contribution in [1.82, 2.24) is 0 Å². The van der Waals surface area contributed by atoms with E-state index >= 15 is 0 Å². The SMILES string of the molecule is CCCCCc1ccc(C2CCC(c3ccc(-c4ccc(C)c(F)c4F)cc3)CO2)cc1. The molecule has 0 aliphatic carbocycles. The fraction of sp³-hybridized carbons (Fsp3) is 0.379. The molecule has 0 spiro atoms. The maximum absolute atomic E-state index is 14.3. The molecule has 4 rings (SSSR count). The number of hydrogen-bond acceptors (Lipinski definition) is 1. The fourth-order valence-corrected chi connectivity index (χ4v) is 4.56. The van der Waals surface area contributed by atoms with E-state index in [0.717, 1.165) is 19.3 Å². The van der Waals surface area contributed by atoms with Gasteiger partial charge in [-0.3, -0.25) is 0 Å². The zero-order chi connectivity index (χ0) is 22.5. The number of benzene rings is 3. The Bertz CT molecular complexity index is 1020. The average Bonchev–Trinajstić information content (AvgIpc) is 2.84. The van der Waals surface area contributed by atoms with E-state index < -0.39 is 11.6 Å². The average molecular weight is 435 g/mol. The highest BCUT2D eigenvalue weighted by atomic mass is 19.2. The minimum absolute atomic E-state index is 0.153. The summed E-state index contributed by atoms with van der Waals surface area (Å²) < 4.78 is 34.5. The highest BCUT2D eigenvalue weighted by molar-refractivity contribution is 5.65. The van der Waals surface area contributed by atoms with E-state index in [2.05, 4.69) is 31.2 Å². The summed E-state index contributed by atoms with van der Waals surface area (Å²) in [6, 6.07) is 20.0. The van der Waals surface area contributed by atoms with Gasteiger partial charge in [-0.1, -0.05) is 80.4 Å². The third-order valence-corrected chi connectivity index (χ3v) is 6.66. The maximum atomic E-state index is 14.3. The normalized spacial score (nSPS) is 18.6. The molecule has 1 fully saturated rings. The van der Waals surface area contributed by atoms with Gasteiger partial charge < -0.3 is 4.74 Å². The zero-order valence-corrected chi connectivity index (χ0v) is 19.0. The second-order valence-corrected chi connectivity index (χ2v) is 8.97. The Balaban J connectivity index is 1.36. The summed E-state index contributed by atoms with van der Waals surface area (Å²) in [6.07, 6.45) is 7.12. The number of hydrogen-bond donors (Lipinski definition) is 0. The van der Waals surface area contributed by atoms with E-state index in [-0.39, 0.29) is 6.10 Å². The van der Waals surface area contributed by atoms with Gasteiger partial charge in [0.15, 0.2) is 11.6 Å². The smallest absolute Gasteiger partial charge is 0.166 e. The largest absolute Gasteiger partial charge is 0.373 e. The Hall–Kier alpha value is -2.52. The topological polar surface area (TPSA) is 9.23 Å². The van der Waals surface area contributed by atoms with Crippen molar-refractivity contribution in [2.24, 2.45) is 0 Å². The quantitative estimate of drug-likeness (QED) is 0.340. The van der Waals surface area contributed by atoms with Gasteiger partial charge in [0.05, 0.1) is 12.7 Å². The summed E-state index contributed by atoms with van der Waals surface area (Å²) in [7, 11) is 0. The van der Waals surface area contributed by atoms with Gasteiger partial charge in [-0.2, -0.15) is 0 Å². The predicted octanol–water partition coefficient (Wildman–Crippen LogP) is 8.31. The van der Waals surface area contributed by atoms with Crippen LogP contribution in [0.2, 0.25) is 0 Å². The molecule has 0 aromatic heterocycles. The first-order valence-electron chi connectivity index (χ1n) is 11.8. The molecule has 2 unspecified atom stereocenters. The van der Waals surface area contributed by atoms with Gasteiger partial charge in [-0.25, -0.2) is 8.78 Å². The van der Waals surface area contributed by atoms with E-state index in [1.165, 1.54) is 36.0 Å². The molecule has 0 N–H and O–H groups in total.